The van der Waals surface area contributed by atoms with E-state index in [1.807, 2.05) is 0 Å². The van der Waals surface area contributed by atoms with Crippen molar-refractivity contribution < 1.29 is 66.2 Å². The smallest absolute Gasteiger partial charge is 0.457 e. The first kappa shape index (κ1) is 31.3. The predicted octanol–water partition coefficient (Wildman–Crippen LogP) is 6.41. The summed E-state index contributed by atoms with van der Waals surface area (Å²) in [5.41, 5.74) is -11.3. The van der Waals surface area contributed by atoms with Gasteiger partial charge in [-0.2, -0.15) is 48.6 Å². The fraction of sp³-hybridized carbons (Fsp3) is 0.238. The summed E-state index contributed by atoms with van der Waals surface area (Å²) < 4.78 is 172. The molecule has 3 aromatic rings. The number of alkyl halides is 11. The molecule has 1 atom stereocenters. The average Bonchev–Trinajstić information content (AvgIpc) is 2.82. The Morgan fingerprint density at radius 2 is 1.52 bits per heavy atom. The molecule has 0 saturated heterocycles. The van der Waals surface area contributed by atoms with Crippen LogP contribution in [0.15, 0.2) is 58.0 Å². The van der Waals surface area contributed by atoms with Crippen molar-refractivity contribution in [1.82, 2.24) is 0 Å². The Bertz CT molecular complexity index is 1590. The number of fused-ring (bicyclic) bond motifs is 1. The van der Waals surface area contributed by atoms with Crippen LogP contribution < -0.4 is 10.0 Å². The molecule has 6 nitrogen and oxygen atoms in total. The Kier molecular flexibility index (Phi) is 7.83. The highest BCUT2D eigenvalue weighted by atomic mass is 79.9. The number of halogens is 12. The summed E-state index contributed by atoms with van der Waals surface area (Å²) in [7, 11) is -6.20. The normalized spacial score (nSPS) is 14.8. The monoisotopic (exact) mass is 674 g/mol. The van der Waals surface area contributed by atoms with Gasteiger partial charge in [0.1, 0.15) is 0 Å². The number of sulfone groups is 1. The lowest BCUT2D eigenvalue weighted by Crippen LogP contribution is -2.59. The molecule has 3 rings (SSSR count). The van der Waals surface area contributed by atoms with Gasteiger partial charge in [-0.15, -0.1) is 0 Å². The third-order valence-corrected chi connectivity index (χ3v) is 7.47. The minimum Gasteiger partial charge on any atom is -0.618 e. The van der Waals surface area contributed by atoms with E-state index in [-0.39, 0.29) is 17.0 Å². The first-order valence-electron chi connectivity index (χ1n) is 10.1. The molecule has 0 bridgehead atoms. The van der Waals surface area contributed by atoms with E-state index >= 15 is 0 Å². The van der Waals surface area contributed by atoms with E-state index in [2.05, 4.69) is 15.9 Å². The zero-order valence-corrected chi connectivity index (χ0v) is 21.1. The van der Waals surface area contributed by atoms with E-state index in [1.54, 1.807) is 5.32 Å². The van der Waals surface area contributed by atoms with Crippen LogP contribution >= 0.6 is 15.9 Å². The van der Waals surface area contributed by atoms with Crippen molar-refractivity contribution in [2.24, 2.45) is 0 Å². The van der Waals surface area contributed by atoms with Crippen molar-refractivity contribution in [1.29, 1.82) is 0 Å². The van der Waals surface area contributed by atoms with Crippen molar-refractivity contribution in [2.75, 3.05) is 5.32 Å². The van der Waals surface area contributed by atoms with Crippen LogP contribution in [0.2, 0.25) is 0 Å². The van der Waals surface area contributed by atoms with Gasteiger partial charge in [-0.3, -0.25) is 4.79 Å². The van der Waals surface area contributed by atoms with Gasteiger partial charge in [-0.05, 0) is 46.3 Å². The quantitative estimate of drug-likeness (QED) is 0.186. The number of nitrogens with one attached hydrogen (secondary N) is 1. The first-order valence-corrected chi connectivity index (χ1v) is 12.4. The maximum atomic E-state index is 15.0. The maximum absolute atomic E-state index is 15.0. The second-order valence-electron chi connectivity index (χ2n) is 7.93. The van der Waals surface area contributed by atoms with Crippen LogP contribution in [0, 0.1) is 5.21 Å². The van der Waals surface area contributed by atoms with Crippen LogP contribution in [0.1, 0.15) is 15.9 Å². The summed E-state index contributed by atoms with van der Waals surface area (Å²) in [5.74, 6) is -13.2. The molecule has 1 heterocycles. The van der Waals surface area contributed by atoms with E-state index in [4.69, 9.17) is 0 Å². The lowest BCUT2D eigenvalue weighted by Gasteiger charge is -2.36. The van der Waals surface area contributed by atoms with Gasteiger partial charge in [0.15, 0.2) is 6.20 Å². The molecule has 0 radical (unpaired) electrons. The van der Waals surface area contributed by atoms with Crippen molar-refractivity contribution in [2.45, 2.75) is 34.6 Å². The number of pyridine rings is 1. The Balaban J connectivity index is 2.28. The van der Waals surface area contributed by atoms with Gasteiger partial charge in [0.05, 0.1) is 10.6 Å². The fourth-order valence-electron chi connectivity index (χ4n) is 3.45. The van der Waals surface area contributed by atoms with Gasteiger partial charge in [0.25, 0.3) is 5.91 Å². The van der Waals surface area contributed by atoms with Crippen LogP contribution in [0.5, 0.6) is 0 Å². The summed E-state index contributed by atoms with van der Waals surface area (Å²) >= 11 is 2.33. The van der Waals surface area contributed by atoms with Crippen LogP contribution in [0.25, 0.3) is 10.9 Å². The highest BCUT2D eigenvalue weighted by Crippen LogP contribution is 2.59. The summed E-state index contributed by atoms with van der Waals surface area (Å²) in [5, 5.41) is 13.9. The lowest BCUT2D eigenvalue weighted by molar-refractivity contribution is -0.577. The van der Waals surface area contributed by atoms with E-state index in [0.717, 1.165) is 18.3 Å². The van der Waals surface area contributed by atoms with Crippen LogP contribution in [0.4, 0.5) is 54.0 Å². The Morgan fingerprint density at radius 1 is 0.925 bits per heavy atom. The van der Waals surface area contributed by atoms with E-state index in [1.165, 1.54) is 18.2 Å². The van der Waals surface area contributed by atoms with E-state index in [9.17, 15) is 66.7 Å². The van der Waals surface area contributed by atoms with Gasteiger partial charge in [-0.1, -0.05) is 0 Å². The largest absolute Gasteiger partial charge is 0.618 e. The molecule has 0 fully saturated rings. The topological polar surface area (TPSA) is 90.2 Å². The number of nitrogens with zero attached hydrogens (tertiary/aromatic N) is 1. The SMILES string of the molecule is O=C(Nc1c(Br)cc(C(F)(C(F)(F)F)C(F)(F)C(F)(F)F)cc1S(=O)(=O)C(F)F)c1ccc2ccc[n+]([O-])c2c1. The van der Waals surface area contributed by atoms with E-state index < -0.39 is 77.7 Å². The molecule has 0 saturated carbocycles. The number of carbonyl (C=O) groups excluding carboxylic acids is 1. The number of aromatic nitrogens is 1. The lowest BCUT2D eigenvalue weighted by atomic mass is 9.87. The molecule has 40 heavy (non-hydrogen) atoms. The molecule has 0 spiro atoms. The van der Waals surface area contributed by atoms with Crippen LogP contribution in [0.3, 0.4) is 0 Å². The maximum Gasteiger partial charge on any atom is 0.457 e. The number of hydrogen-bond donors (Lipinski definition) is 1. The molecule has 0 aliphatic carbocycles. The first-order chi connectivity index (χ1) is 18.1. The minimum atomic E-state index is -7.24. The minimum absolute atomic E-state index is 0.133. The number of benzene rings is 2. The molecule has 0 aliphatic rings. The third kappa shape index (κ3) is 5.04. The van der Waals surface area contributed by atoms with Gasteiger partial charge >= 0.3 is 29.7 Å². The molecule has 2 aromatic carbocycles. The molecule has 1 unspecified atom stereocenters. The second kappa shape index (κ2) is 10.0. The van der Waals surface area contributed by atoms with Crippen molar-refractivity contribution in [3.63, 3.8) is 0 Å². The van der Waals surface area contributed by atoms with Crippen LogP contribution in [-0.4, -0.2) is 38.4 Å². The number of anilines is 1. The molecular formula is C21H10BrF11N2O4S. The number of carbonyl (C=O) groups is 1. The molecule has 19 heteroatoms. The zero-order chi connectivity index (χ0) is 30.6. The molecule has 1 N–H and O–H groups in total. The van der Waals surface area contributed by atoms with Crippen LogP contribution in [-0.2, 0) is 15.5 Å². The molecule has 1 aromatic heterocycles. The van der Waals surface area contributed by atoms with Crippen molar-refractivity contribution in [3.8, 4) is 0 Å². The predicted molar refractivity (Wildman–Crippen MR) is 118 cm³/mol. The number of hydrogen-bond acceptors (Lipinski definition) is 4. The van der Waals surface area contributed by atoms with Crippen molar-refractivity contribution >= 4 is 48.3 Å². The third-order valence-electron chi connectivity index (χ3n) is 5.44. The highest BCUT2D eigenvalue weighted by Gasteiger charge is 2.81. The summed E-state index contributed by atoms with van der Waals surface area (Å²) in [6.07, 6.45) is -13.2. The highest BCUT2D eigenvalue weighted by molar-refractivity contribution is 9.10. The number of amides is 1. The fourth-order valence-corrected chi connectivity index (χ4v) is 5.07. The Morgan fingerprint density at radius 3 is 2.05 bits per heavy atom. The molecule has 0 aliphatic heterocycles. The van der Waals surface area contributed by atoms with E-state index in [0.29, 0.717) is 4.73 Å². The Hall–Kier alpha value is -3.22. The average molecular weight is 675 g/mol. The summed E-state index contributed by atoms with van der Waals surface area (Å²) in [4.78, 5) is 10.6. The standard InChI is InChI=1S/C21H10BrF11N2O4S/c22-12-7-11(18(25,20(28,29)30)19(26,27)21(31,32)33)8-14(40(38,39)17(23)24)15(12)34-16(36)10-4-3-9-2-1-5-35(37)13(9)6-10/h1-8,17H,(H,34,36). The summed E-state index contributed by atoms with van der Waals surface area (Å²) in [6.45, 7) is 0. The Labute approximate surface area is 224 Å². The number of rotatable bonds is 6. The van der Waals surface area contributed by atoms with Gasteiger partial charge in [0, 0.05) is 33.1 Å². The van der Waals surface area contributed by atoms with Gasteiger partial charge in [0.2, 0.25) is 15.4 Å². The van der Waals surface area contributed by atoms with Gasteiger partial charge in [-0.25, -0.2) is 12.8 Å². The molecular weight excluding hydrogens is 665 g/mol. The summed E-state index contributed by atoms with van der Waals surface area (Å²) in [6, 6.07) is 4.79. The molecule has 218 valence electrons. The van der Waals surface area contributed by atoms with Crippen molar-refractivity contribution in [3.05, 3.63) is 69.5 Å². The zero-order valence-electron chi connectivity index (χ0n) is 18.7. The molecule has 1 amide bonds. The van der Waals surface area contributed by atoms with Gasteiger partial charge < -0.3 is 10.5 Å². The second-order valence-corrected chi connectivity index (χ2v) is 10.7.